The number of amides is 2. The molecular weight excluding hydrogens is 378 g/mol. The zero-order chi connectivity index (χ0) is 16.7. The highest BCUT2D eigenvalue weighted by Gasteiger charge is 2.07. The van der Waals surface area contributed by atoms with Gasteiger partial charge in [-0.3, -0.25) is 9.59 Å². The zero-order valence-electron chi connectivity index (χ0n) is 12.5. The molecule has 0 saturated heterocycles. The summed E-state index contributed by atoms with van der Waals surface area (Å²) >= 11 is 4.87. The van der Waals surface area contributed by atoms with Gasteiger partial charge >= 0.3 is 0 Å². The Morgan fingerprint density at radius 1 is 1.22 bits per heavy atom. The predicted octanol–water partition coefficient (Wildman–Crippen LogP) is 3.57. The summed E-state index contributed by atoms with van der Waals surface area (Å²) < 4.78 is 0.890. The predicted molar refractivity (Wildman–Crippen MR) is 96.7 cm³/mol. The number of rotatable bonds is 6. The fraction of sp³-hybridized carbons (Fsp3) is 0.188. The molecule has 0 unspecified atom stereocenters. The monoisotopic (exact) mass is 393 g/mol. The molecule has 0 atom stereocenters. The van der Waals surface area contributed by atoms with E-state index in [1.807, 2.05) is 35.7 Å². The van der Waals surface area contributed by atoms with Crippen LogP contribution in [0, 0.1) is 0 Å². The van der Waals surface area contributed by atoms with Crippen molar-refractivity contribution in [3.8, 4) is 0 Å². The van der Waals surface area contributed by atoms with Gasteiger partial charge in [0.2, 0.25) is 11.8 Å². The van der Waals surface area contributed by atoms with Crippen LogP contribution in [0.5, 0.6) is 0 Å². The van der Waals surface area contributed by atoms with E-state index < -0.39 is 0 Å². The summed E-state index contributed by atoms with van der Waals surface area (Å²) in [6, 6.07) is 11.1. The lowest BCUT2D eigenvalue weighted by molar-refractivity contribution is -0.120. The second-order valence-corrected chi connectivity index (χ2v) is 6.82. The number of anilines is 1. The molecule has 2 aromatic rings. The van der Waals surface area contributed by atoms with E-state index in [9.17, 15) is 9.59 Å². The standard InChI is InChI=1S/C16H16BrN3O2S/c1-11(19-20-16(22)10-14-6-3-7-23-14)8-15(21)18-13-5-2-4-12(17)9-13/h2-7,9H,8,10H2,1H3,(H,18,21)(H,20,22). The van der Waals surface area contributed by atoms with E-state index in [1.54, 1.807) is 13.0 Å². The van der Waals surface area contributed by atoms with Crippen molar-refractivity contribution in [2.45, 2.75) is 19.8 Å². The van der Waals surface area contributed by atoms with Crippen molar-refractivity contribution in [3.63, 3.8) is 0 Å². The van der Waals surface area contributed by atoms with Crippen molar-refractivity contribution in [2.75, 3.05) is 5.32 Å². The maximum absolute atomic E-state index is 11.9. The van der Waals surface area contributed by atoms with Gasteiger partial charge in [-0.15, -0.1) is 11.3 Å². The van der Waals surface area contributed by atoms with Gasteiger partial charge in [0.15, 0.2) is 0 Å². The number of thiophene rings is 1. The normalized spacial score (nSPS) is 11.1. The highest BCUT2D eigenvalue weighted by Crippen LogP contribution is 2.15. The van der Waals surface area contributed by atoms with Crippen molar-refractivity contribution in [2.24, 2.45) is 5.10 Å². The molecule has 2 rings (SSSR count). The summed E-state index contributed by atoms with van der Waals surface area (Å²) in [5.41, 5.74) is 3.71. The Labute approximate surface area is 146 Å². The molecule has 0 aliphatic carbocycles. The van der Waals surface area contributed by atoms with Gasteiger partial charge in [0.25, 0.3) is 0 Å². The summed E-state index contributed by atoms with van der Waals surface area (Å²) in [5, 5.41) is 8.65. The van der Waals surface area contributed by atoms with E-state index in [-0.39, 0.29) is 18.2 Å². The van der Waals surface area contributed by atoms with Crippen molar-refractivity contribution in [3.05, 3.63) is 51.1 Å². The minimum absolute atomic E-state index is 0.117. The van der Waals surface area contributed by atoms with E-state index in [4.69, 9.17) is 0 Å². The molecule has 5 nitrogen and oxygen atoms in total. The third-order valence-corrected chi connectivity index (χ3v) is 4.18. The molecular formula is C16H16BrN3O2S. The number of nitrogens with one attached hydrogen (secondary N) is 2. The van der Waals surface area contributed by atoms with Crippen molar-refractivity contribution in [1.29, 1.82) is 0 Å². The molecule has 0 radical (unpaired) electrons. The number of carbonyl (C=O) groups is 2. The first-order chi connectivity index (χ1) is 11.0. The summed E-state index contributed by atoms with van der Waals surface area (Å²) in [4.78, 5) is 24.6. The highest BCUT2D eigenvalue weighted by atomic mass is 79.9. The molecule has 120 valence electrons. The fourth-order valence-electron chi connectivity index (χ4n) is 1.81. The number of hydrogen-bond acceptors (Lipinski definition) is 4. The number of nitrogens with zero attached hydrogens (tertiary/aromatic N) is 1. The van der Waals surface area contributed by atoms with E-state index in [2.05, 4.69) is 31.8 Å². The van der Waals surface area contributed by atoms with Crippen LogP contribution in [0.15, 0.2) is 51.4 Å². The molecule has 0 saturated carbocycles. The summed E-state index contributed by atoms with van der Waals surface area (Å²) in [6.07, 6.45) is 0.407. The van der Waals surface area contributed by atoms with Gasteiger partial charge in [0.1, 0.15) is 0 Å². The summed E-state index contributed by atoms with van der Waals surface area (Å²) in [7, 11) is 0. The lowest BCUT2D eigenvalue weighted by Crippen LogP contribution is -2.22. The van der Waals surface area contributed by atoms with Crippen LogP contribution in [-0.4, -0.2) is 17.5 Å². The lowest BCUT2D eigenvalue weighted by Gasteiger charge is -2.06. The third-order valence-electron chi connectivity index (χ3n) is 2.81. The Balaban J connectivity index is 1.79. The topological polar surface area (TPSA) is 70.6 Å². The molecule has 7 heteroatoms. The van der Waals surface area contributed by atoms with Gasteiger partial charge in [-0.25, -0.2) is 5.43 Å². The van der Waals surface area contributed by atoms with Gasteiger partial charge in [0.05, 0.1) is 12.8 Å². The van der Waals surface area contributed by atoms with Crippen LogP contribution in [0.1, 0.15) is 18.2 Å². The highest BCUT2D eigenvalue weighted by molar-refractivity contribution is 9.10. The van der Waals surface area contributed by atoms with Gasteiger partial charge < -0.3 is 5.32 Å². The molecule has 1 aromatic carbocycles. The first-order valence-corrected chi connectivity index (χ1v) is 8.60. The second-order valence-electron chi connectivity index (χ2n) is 4.87. The molecule has 0 spiro atoms. The van der Waals surface area contributed by atoms with Gasteiger partial charge in [0, 0.05) is 20.7 Å². The molecule has 0 aliphatic rings. The molecule has 0 bridgehead atoms. The van der Waals surface area contributed by atoms with Crippen LogP contribution in [0.4, 0.5) is 5.69 Å². The maximum atomic E-state index is 11.9. The Hall–Kier alpha value is -1.99. The van der Waals surface area contributed by atoms with Crippen LogP contribution in [-0.2, 0) is 16.0 Å². The first-order valence-electron chi connectivity index (χ1n) is 6.93. The lowest BCUT2D eigenvalue weighted by atomic mass is 10.2. The summed E-state index contributed by atoms with van der Waals surface area (Å²) in [5.74, 6) is -0.379. The number of carbonyl (C=O) groups excluding carboxylic acids is 2. The van der Waals surface area contributed by atoms with Crippen molar-refractivity contribution >= 4 is 50.5 Å². The average Bonchev–Trinajstić information content (AvgIpc) is 2.98. The molecule has 0 fully saturated rings. The van der Waals surface area contributed by atoms with E-state index in [0.717, 1.165) is 9.35 Å². The zero-order valence-corrected chi connectivity index (χ0v) is 14.9. The van der Waals surface area contributed by atoms with Crippen LogP contribution in [0.3, 0.4) is 0 Å². The molecule has 0 aliphatic heterocycles. The SMILES string of the molecule is CC(CC(=O)Nc1cccc(Br)c1)=NNC(=O)Cc1cccs1. The second kappa shape index (κ2) is 8.59. The van der Waals surface area contributed by atoms with Gasteiger partial charge in [-0.1, -0.05) is 28.1 Å². The molecule has 1 aromatic heterocycles. The van der Waals surface area contributed by atoms with Crippen molar-refractivity contribution in [1.82, 2.24) is 5.43 Å². The largest absolute Gasteiger partial charge is 0.326 e. The molecule has 2 N–H and O–H groups in total. The van der Waals surface area contributed by atoms with Crippen molar-refractivity contribution < 1.29 is 9.59 Å². The quantitative estimate of drug-likeness (QED) is 0.581. The first kappa shape index (κ1) is 17.4. The Morgan fingerprint density at radius 2 is 2.04 bits per heavy atom. The van der Waals surface area contributed by atoms with Crippen LogP contribution >= 0.6 is 27.3 Å². The smallest absolute Gasteiger partial charge is 0.245 e. The van der Waals surface area contributed by atoms with Crippen LogP contribution in [0.25, 0.3) is 0 Å². The van der Waals surface area contributed by atoms with Gasteiger partial charge in [-0.2, -0.15) is 5.10 Å². The minimum Gasteiger partial charge on any atom is -0.326 e. The molecule has 23 heavy (non-hydrogen) atoms. The number of halogens is 1. The average molecular weight is 394 g/mol. The summed E-state index contributed by atoms with van der Waals surface area (Å²) in [6.45, 7) is 1.70. The number of hydrazone groups is 1. The van der Waals surface area contributed by atoms with E-state index in [0.29, 0.717) is 17.8 Å². The van der Waals surface area contributed by atoms with E-state index in [1.165, 1.54) is 11.3 Å². The van der Waals surface area contributed by atoms with Crippen LogP contribution < -0.4 is 10.7 Å². The minimum atomic E-state index is -0.195. The van der Waals surface area contributed by atoms with E-state index >= 15 is 0 Å². The maximum Gasteiger partial charge on any atom is 0.245 e. The fourth-order valence-corrected chi connectivity index (χ4v) is 2.91. The Morgan fingerprint density at radius 3 is 2.74 bits per heavy atom. The third kappa shape index (κ3) is 6.33. The number of benzene rings is 1. The Bertz CT molecular complexity index is 714. The van der Waals surface area contributed by atoms with Gasteiger partial charge in [-0.05, 0) is 36.6 Å². The Kier molecular flexibility index (Phi) is 6.49. The van der Waals surface area contributed by atoms with Crippen LogP contribution in [0.2, 0.25) is 0 Å². The molecule has 2 amide bonds. The molecule has 1 heterocycles. The number of hydrogen-bond donors (Lipinski definition) is 2.